The SMILES string of the molecule is BrC1=Cc2c(c(-c3ccccc3)c3c(c2-c2ccccc2)-c2ccc4c5cccc6cccc(c7ccc-3c2c47)c65)CC1Br. The van der Waals surface area contributed by atoms with Crippen LogP contribution in [-0.2, 0) is 6.42 Å². The van der Waals surface area contributed by atoms with Gasteiger partial charge in [-0.1, -0.05) is 153 Å². The zero-order valence-electron chi connectivity index (χ0n) is 23.7. The molecule has 2 heteroatoms. The number of fused-ring (bicyclic) bond motifs is 6. The summed E-state index contributed by atoms with van der Waals surface area (Å²) in [6.07, 6.45) is 3.29. The Morgan fingerprint density at radius 2 is 1.02 bits per heavy atom. The van der Waals surface area contributed by atoms with Gasteiger partial charge in [-0.3, -0.25) is 0 Å². The molecule has 44 heavy (non-hydrogen) atoms. The van der Waals surface area contributed by atoms with Crippen molar-refractivity contribution in [3.8, 4) is 44.5 Å². The lowest BCUT2D eigenvalue weighted by Crippen LogP contribution is -2.13. The summed E-state index contributed by atoms with van der Waals surface area (Å²) in [6.45, 7) is 0. The van der Waals surface area contributed by atoms with Crippen molar-refractivity contribution >= 4 is 81.0 Å². The number of allylic oxidation sites excluding steroid dienone is 1. The van der Waals surface area contributed by atoms with Crippen LogP contribution in [0.4, 0.5) is 0 Å². The number of hydrogen-bond acceptors (Lipinski definition) is 0. The van der Waals surface area contributed by atoms with Crippen LogP contribution in [0.15, 0.2) is 126 Å². The maximum absolute atomic E-state index is 4.00. The van der Waals surface area contributed by atoms with Crippen LogP contribution in [0.2, 0.25) is 0 Å². The van der Waals surface area contributed by atoms with E-state index < -0.39 is 0 Å². The van der Waals surface area contributed by atoms with E-state index in [1.807, 2.05) is 0 Å². The Hall–Kier alpha value is -4.24. The van der Waals surface area contributed by atoms with Crippen molar-refractivity contribution < 1.29 is 0 Å². The Labute approximate surface area is 272 Å². The molecule has 0 bridgehead atoms. The number of rotatable bonds is 2. The summed E-state index contributed by atoms with van der Waals surface area (Å²) in [5, 5.41) is 10.8. The summed E-state index contributed by atoms with van der Waals surface area (Å²) in [7, 11) is 0. The van der Waals surface area contributed by atoms with Crippen molar-refractivity contribution in [2.45, 2.75) is 11.2 Å². The van der Waals surface area contributed by atoms with E-state index in [-0.39, 0.29) is 4.83 Å². The summed E-state index contributed by atoms with van der Waals surface area (Å²) in [5.41, 5.74) is 13.4. The van der Waals surface area contributed by atoms with Gasteiger partial charge in [0.05, 0.1) is 4.83 Å². The summed E-state index contributed by atoms with van der Waals surface area (Å²) >= 11 is 7.93. The van der Waals surface area contributed by atoms with Crippen LogP contribution in [0.25, 0.3) is 93.7 Å². The monoisotopic (exact) mass is 686 g/mol. The van der Waals surface area contributed by atoms with Crippen molar-refractivity contribution in [3.05, 3.63) is 137 Å². The summed E-state index contributed by atoms with van der Waals surface area (Å²) in [5.74, 6) is 0. The minimum atomic E-state index is 0.236. The first-order chi connectivity index (χ1) is 21.7. The van der Waals surface area contributed by atoms with Crippen LogP contribution >= 0.6 is 31.9 Å². The normalized spacial score (nSPS) is 15.3. The molecule has 8 aromatic carbocycles. The predicted octanol–water partition coefficient (Wildman–Crippen LogP) is 12.8. The Balaban J connectivity index is 1.45. The standard InChI is InChI=1S/C42H24Br2/c43-34-21-32-33(22-35(34)44)38(25-11-5-2-6-12-25)42-31-20-18-29-27-16-8-14-23-13-7-15-26(36(23)27)28-17-19-30(40(31)39(28)29)41(42)37(32)24-9-3-1-4-10-24/h1-21,35H,22H2. The highest BCUT2D eigenvalue weighted by atomic mass is 79.9. The molecule has 10 rings (SSSR count). The van der Waals surface area contributed by atoms with Gasteiger partial charge in [-0.25, -0.2) is 0 Å². The molecule has 0 radical (unpaired) electrons. The van der Waals surface area contributed by atoms with Crippen LogP contribution in [0.3, 0.4) is 0 Å². The lowest BCUT2D eigenvalue weighted by atomic mass is 9.77. The van der Waals surface area contributed by atoms with Gasteiger partial charge in [0, 0.05) is 4.48 Å². The lowest BCUT2D eigenvalue weighted by Gasteiger charge is -2.28. The van der Waals surface area contributed by atoms with E-state index in [2.05, 4.69) is 159 Å². The van der Waals surface area contributed by atoms with Crippen molar-refractivity contribution in [2.24, 2.45) is 0 Å². The van der Waals surface area contributed by atoms with E-state index >= 15 is 0 Å². The van der Waals surface area contributed by atoms with E-state index in [0.29, 0.717) is 0 Å². The van der Waals surface area contributed by atoms with E-state index in [4.69, 9.17) is 0 Å². The van der Waals surface area contributed by atoms with Gasteiger partial charge in [0.2, 0.25) is 0 Å². The molecule has 0 aromatic heterocycles. The Morgan fingerprint density at radius 3 is 1.64 bits per heavy atom. The first-order valence-corrected chi connectivity index (χ1v) is 16.9. The highest BCUT2D eigenvalue weighted by Gasteiger charge is 2.35. The minimum absolute atomic E-state index is 0.236. The highest BCUT2D eigenvalue weighted by Crippen LogP contribution is 2.60. The van der Waals surface area contributed by atoms with Crippen LogP contribution in [0.1, 0.15) is 11.1 Å². The Morgan fingerprint density at radius 1 is 0.477 bits per heavy atom. The quantitative estimate of drug-likeness (QED) is 0.0964. The third-order valence-electron chi connectivity index (χ3n) is 9.92. The molecule has 0 saturated heterocycles. The summed E-state index contributed by atoms with van der Waals surface area (Å²) in [6, 6.07) is 45.2. The van der Waals surface area contributed by atoms with Gasteiger partial charge in [0.15, 0.2) is 0 Å². The third kappa shape index (κ3) is 3.23. The summed E-state index contributed by atoms with van der Waals surface area (Å²) < 4.78 is 1.19. The maximum atomic E-state index is 4.00. The Bertz CT molecular complexity index is 2470. The molecule has 0 nitrogen and oxygen atoms in total. The predicted molar refractivity (Wildman–Crippen MR) is 196 cm³/mol. The van der Waals surface area contributed by atoms with Gasteiger partial charge >= 0.3 is 0 Å². The van der Waals surface area contributed by atoms with Crippen molar-refractivity contribution in [2.75, 3.05) is 0 Å². The zero-order valence-corrected chi connectivity index (χ0v) is 26.8. The van der Waals surface area contributed by atoms with Crippen LogP contribution < -0.4 is 0 Å². The molecule has 8 aromatic rings. The molecule has 2 aliphatic carbocycles. The smallest absolute Gasteiger partial charge is 0.0502 e. The van der Waals surface area contributed by atoms with E-state index in [1.165, 1.54) is 103 Å². The van der Waals surface area contributed by atoms with E-state index in [9.17, 15) is 0 Å². The van der Waals surface area contributed by atoms with Crippen LogP contribution in [0.5, 0.6) is 0 Å². The lowest BCUT2D eigenvalue weighted by molar-refractivity contribution is 1.01. The minimum Gasteiger partial charge on any atom is -0.0829 e. The molecule has 0 saturated carbocycles. The van der Waals surface area contributed by atoms with E-state index in [0.717, 1.165) is 6.42 Å². The molecule has 0 aliphatic heterocycles. The van der Waals surface area contributed by atoms with Gasteiger partial charge in [0.25, 0.3) is 0 Å². The van der Waals surface area contributed by atoms with Gasteiger partial charge in [-0.2, -0.15) is 0 Å². The highest BCUT2D eigenvalue weighted by molar-refractivity contribution is 9.14. The van der Waals surface area contributed by atoms with Gasteiger partial charge in [0.1, 0.15) is 0 Å². The van der Waals surface area contributed by atoms with Gasteiger partial charge in [-0.15, -0.1) is 0 Å². The molecule has 0 heterocycles. The van der Waals surface area contributed by atoms with Crippen molar-refractivity contribution in [1.82, 2.24) is 0 Å². The molecule has 0 spiro atoms. The molecule has 1 unspecified atom stereocenters. The second kappa shape index (κ2) is 9.14. The molecule has 1 atom stereocenters. The number of alkyl halides is 1. The van der Waals surface area contributed by atoms with Crippen LogP contribution in [0, 0.1) is 0 Å². The van der Waals surface area contributed by atoms with E-state index in [1.54, 1.807) is 0 Å². The molecule has 206 valence electrons. The third-order valence-corrected chi connectivity index (χ3v) is 12.1. The van der Waals surface area contributed by atoms with Gasteiger partial charge < -0.3 is 0 Å². The number of benzene rings is 8. The summed E-state index contributed by atoms with van der Waals surface area (Å²) in [4.78, 5) is 0.236. The topological polar surface area (TPSA) is 0 Å². The van der Waals surface area contributed by atoms with Gasteiger partial charge in [-0.05, 0) is 111 Å². The van der Waals surface area contributed by atoms with Crippen molar-refractivity contribution in [1.29, 1.82) is 0 Å². The fourth-order valence-electron chi connectivity index (χ4n) is 8.22. The fourth-order valence-corrected chi connectivity index (χ4v) is 9.06. The second-order valence-electron chi connectivity index (χ2n) is 12.1. The molecular weight excluding hydrogens is 664 g/mol. The first-order valence-electron chi connectivity index (χ1n) is 15.2. The molecule has 2 aliphatic rings. The van der Waals surface area contributed by atoms with Crippen molar-refractivity contribution in [3.63, 3.8) is 0 Å². The average Bonchev–Trinajstić information content (AvgIpc) is 3.40. The Kier molecular flexibility index (Phi) is 5.22. The fraction of sp³-hybridized carbons (Fsp3) is 0.0476. The molecule has 0 amide bonds. The average molecular weight is 688 g/mol. The van der Waals surface area contributed by atoms with Crippen LogP contribution in [-0.4, -0.2) is 4.83 Å². The molecule has 0 fully saturated rings. The number of halogens is 2. The number of hydrogen-bond donors (Lipinski definition) is 0. The second-order valence-corrected chi connectivity index (χ2v) is 14.1. The largest absolute Gasteiger partial charge is 0.0829 e. The molecule has 0 N–H and O–H groups in total. The molecular formula is C42H24Br2. The first kappa shape index (κ1) is 25.1. The maximum Gasteiger partial charge on any atom is 0.0502 e. The zero-order chi connectivity index (χ0) is 29.1.